The van der Waals surface area contributed by atoms with Crippen LogP contribution in [0.3, 0.4) is 0 Å². The van der Waals surface area contributed by atoms with Crippen molar-refractivity contribution in [2.75, 3.05) is 5.32 Å². The van der Waals surface area contributed by atoms with Crippen LogP contribution in [0.15, 0.2) is 79.9 Å². The van der Waals surface area contributed by atoms with Crippen LogP contribution in [-0.4, -0.2) is 30.1 Å². The van der Waals surface area contributed by atoms with Crippen molar-refractivity contribution in [3.05, 3.63) is 84.8 Å². The lowest BCUT2D eigenvalue weighted by molar-refractivity contribution is 0.645. The van der Waals surface area contributed by atoms with Crippen LogP contribution in [0.25, 0.3) is 60.7 Å². The zero-order chi connectivity index (χ0) is 27.1. The maximum absolute atomic E-state index is 5.00. The molecular weight excluding hydrogens is 502 g/mol. The van der Waals surface area contributed by atoms with Gasteiger partial charge in [0.25, 0.3) is 0 Å². The SMILES string of the molecule is C=C(CC(C)C)Nc1cncc(-c2cc3c(-c4nc5c(-c6ccc(C(=C)C)s6)cccc5[nH]4)n[nH]c3cn2)c1. The molecule has 0 spiro atoms. The van der Waals surface area contributed by atoms with Gasteiger partial charge in [-0.15, -0.1) is 11.3 Å². The van der Waals surface area contributed by atoms with Crippen molar-refractivity contribution in [3.8, 4) is 33.2 Å². The average Bonchev–Trinajstić information content (AvgIpc) is 3.65. The summed E-state index contributed by atoms with van der Waals surface area (Å²) in [7, 11) is 0. The van der Waals surface area contributed by atoms with Crippen molar-refractivity contribution in [2.24, 2.45) is 5.92 Å². The fourth-order valence-corrected chi connectivity index (χ4v) is 5.66. The summed E-state index contributed by atoms with van der Waals surface area (Å²) < 4.78 is 0. The van der Waals surface area contributed by atoms with Gasteiger partial charge in [0, 0.05) is 38.2 Å². The number of aromatic nitrogens is 6. The van der Waals surface area contributed by atoms with Gasteiger partial charge in [-0.3, -0.25) is 15.1 Å². The first-order chi connectivity index (χ1) is 18.9. The average molecular weight is 532 g/mol. The predicted molar refractivity (Wildman–Crippen MR) is 162 cm³/mol. The lowest BCUT2D eigenvalue weighted by atomic mass is 10.1. The van der Waals surface area contributed by atoms with Crippen LogP contribution in [0.2, 0.25) is 0 Å². The van der Waals surface area contributed by atoms with Gasteiger partial charge in [0.15, 0.2) is 5.82 Å². The molecule has 194 valence electrons. The summed E-state index contributed by atoms with van der Waals surface area (Å²) in [6.45, 7) is 14.6. The van der Waals surface area contributed by atoms with E-state index in [9.17, 15) is 0 Å². The monoisotopic (exact) mass is 531 g/mol. The molecule has 3 N–H and O–H groups in total. The first kappa shape index (κ1) is 24.8. The van der Waals surface area contributed by atoms with Gasteiger partial charge in [-0.25, -0.2) is 4.98 Å². The van der Waals surface area contributed by atoms with Crippen molar-refractivity contribution in [2.45, 2.75) is 27.2 Å². The Morgan fingerprint density at radius 2 is 1.92 bits per heavy atom. The highest BCUT2D eigenvalue weighted by molar-refractivity contribution is 7.16. The number of benzene rings is 1. The van der Waals surface area contributed by atoms with Crippen LogP contribution in [-0.2, 0) is 0 Å². The Kier molecular flexibility index (Phi) is 6.32. The van der Waals surface area contributed by atoms with Crippen molar-refractivity contribution in [3.63, 3.8) is 0 Å². The third kappa shape index (κ3) is 4.86. The van der Waals surface area contributed by atoms with Gasteiger partial charge in [-0.1, -0.05) is 39.1 Å². The summed E-state index contributed by atoms with van der Waals surface area (Å²) in [5.41, 5.74) is 9.18. The number of aromatic amines is 2. The predicted octanol–water partition coefficient (Wildman–Crippen LogP) is 8.30. The maximum Gasteiger partial charge on any atom is 0.159 e. The highest BCUT2D eigenvalue weighted by Crippen LogP contribution is 2.36. The Morgan fingerprint density at radius 3 is 2.72 bits per heavy atom. The second-order valence-corrected chi connectivity index (χ2v) is 11.3. The third-order valence-electron chi connectivity index (χ3n) is 6.49. The van der Waals surface area contributed by atoms with Crippen LogP contribution >= 0.6 is 11.3 Å². The molecule has 0 saturated heterocycles. The molecule has 7 nitrogen and oxygen atoms in total. The Hall–Kier alpha value is -4.56. The number of hydrogen-bond donors (Lipinski definition) is 3. The summed E-state index contributed by atoms with van der Waals surface area (Å²) in [6, 6.07) is 14.5. The van der Waals surface area contributed by atoms with Gasteiger partial charge in [0.05, 0.1) is 40.3 Å². The normalized spacial score (nSPS) is 11.5. The Balaban J connectivity index is 1.37. The van der Waals surface area contributed by atoms with Crippen molar-refractivity contribution >= 4 is 44.5 Å². The fraction of sp³-hybridized carbons (Fsp3) is 0.161. The molecule has 0 radical (unpaired) electrons. The molecule has 0 saturated carbocycles. The van der Waals surface area contributed by atoms with E-state index < -0.39 is 0 Å². The topological polar surface area (TPSA) is 95.2 Å². The van der Waals surface area contributed by atoms with E-state index in [2.05, 4.69) is 75.7 Å². The minimum Gasteiger partial charge on any atom is -0.358 e. The summed E-state index contributed by atoms with van der Waals surface area (Å²) >= 11 is 1.73. The van der Waals surface area contributed by atoms with Gasteiger partial charge < -0.3 is 10.3 Å². The largest absolute Gasteiger partial charge is 0.358 e. The number of nitrogens with one attached hydrogen (secondary N) is 3. The lowest BCUT2D eigenvalue weighted by Gasteiger charge is -2.12. The standard InChI is InChI=1S/C31H29N7S/c1-17(2)11-19(5)34-21-12-20(14-32-15-21)25-13-23-26(16-33-25)37-38-30(23)31-35-24-8-6-7-22(29(24)36-31)28-10-9-27(39-28)18(3)4/h6-10,12-17,34H,3,5,11H2,1-2,4H3,(H,35,36)(H,37,38). The van der Waals surface area contributed by atoms with E-state index in [0.717, 1.165) is 72.7 Å². The number of H-pyrrole nitrogens is 2. The molecule has 0 fully saturated rings. The number of fused-ring (bicyclic) bond motifs is 2. The van der Waals surface area contributed by atoms with Crippen LogP contribution < -0.4 is 5.32 Å². The van der Waals surface area contributed by atoms with E-state index in [1.54, 1.807) is 23.7 Å². The molecule has 0 bridgehead atoms. The summed E-state index contributed by atoms with van der Waals surface area (Å²) in [4.78, 5) is 19.9. The molecule has 0 amide bonds. The molecule has 8 heteroatoms. The molecular formula is C31H29N7S. The van der Waals surface area contributed by atoms with Crippen molar-refractivity contribution in [1.29, 1.82) is 0 Å². The Labute approximate surface area is 230 Å². The van der Waals surface area contributed by atoms with E-state index in [0.29, 0.717) is 11.7 Å². The van der Waals surface area contributed by atoms with E-state index in [-0.39, 0.29) is 0 Å². The van der Waals surface area contributed by atoms with Crippen molar-refractivity contribution in [1.82, 2.24) is 30.1 Å². The summed E-state index contributed by atoms with van der Waals surface area (Å²) in [6.07, 6.45) is 6.32. The number of anilines is 1. The second kappa shape index (κ2) is 9.96. The molecule has 6 rings (SSSR count). The number of pyridine rings is 2. The van der Waals surface area contributed by atoms with E-state index >= 15 is 0 Å². The number of allylic oxidation sites excluding steroid dienone is 2. The second-order valence-electron chi connectivity index (χ2n) is 10.2. The van der Waals surface area contributed by atoms with Crippen LogP contribution in [0.5, 0.6) is 0 Å². The molecule has 0 aliphatic carbocycles. The van der Waals surface area contributed by atoms with Gasteiger partial charge in [0.2, 0.25) is 0 Å². The minimum absolute atomic E-state index is 0.526. The van der Waals surface area contributed by atoms with Crippen LogP contribution in [0.4, 0.5) is 5.69 Å². The Morgan fingerprint density at radius 1 is 1.05 bits per heavy atom. The molecule has 0 aliphatic heterocycles. The van der Waals surface area contributed by atoms with E-state index in [4.69, 9.17) is 4.98 Å². The van der Waals surface area contributed by atoms with Gasteiger partial charge in [-0.2, -0.15) is 5.10 Å². The van der Waals surface area contributed by atoms with Gasteiger partial charge >= 0.3 is 0 Å². The van der Waals surface area contributed by atoms with Crippen LogP contribution in [0, 0.1) is 5.92 Å². The van der Waals surface area contributed by atoms with Gasteiger partial charge in [0.1, 0.15) is 5.69 Å². The Bertz CT molecular complexity index is 1850. The van der Waals surface area contributed by atoms with E-state index in [1.165, 1.54) is 4.88 Å². The molecule has 0 aliphatic rings. The number of thiophene rings is 1. The molecule has 1 aromatic carbocycles. The molecule has 0 atom stereocenters. The number of nitrogens with zero attached hydrogens (tertiary/aromatic N) is 4. The number of imidazole rings is 1. The minimum atomic E-state index is 0.526. The molecule has 39 heavy (non-hydrogen) atoms. The van der Waals surface area contributed by atoms with E-state index in [1.807, 2.05) is 37.4 Å². The first-order valence-corrected chi connectivity index (χ1v) is 13.7. The lowest BCUT2D eigenvalue weighted by Crippen LogP contribution is -2.02. The van der Waals surface area contributed by atoms with Crippen molar-refractivity contribution < 1.29 is 0 Å². The fourth-order valence-electron chi connectivity index (χ4n) is 4.71. The highest BCUT2D eigenvalue weighted by atomic mass is 32.1. The zero-order valence-corrected chi connectivity index (χ0v) is 23.0. The number of para-hydroxylation sites is 1. The molecule has 0 unspecified atom stereocenters. The number of hydrogen-bond acceptors (Lipinski definition) is 6. The van der Waals surface area contributed by atoms with Gasteiger partial charge in [-0.05, 0) is 55.2 Å². The first-order valence-electron chi connectivity index (χ1n) is 12.8. The number of rotatable bonds is 8. The van der Waals surface area contributed by atoms with Crippen LogP contribution in [0.1, 0.15) is 32.1 Å². The molecule has 6 aromatic rings. The molecule has 5 aromatic heterocycles. The summed E-state index contributed by atoms with van der Waals surface area (Å²) in [5, 5.41) is 12.0. The summed E-state index contributed by atoms with van der Waals surface area (Å²) in [5.74, 6) is 1.23. The smallest absolute Gasteiger partial charge is 0.159 e. The molecule has 5 heterocycles. The zero-order valence-electron chi connectivity index (χ0n) is 22.2. The highest BCUT2D eigenvalue weighted by Gasteiger charge is 2.17. The maximum atomic E-state index is 5.00. The quantitative estimate of drug-likeness (QED) is 0.184. The third-order valence-corrected chi connectivity index (χ3v) is 7.77.